The van der Waals surface area contributed by atoms with Crippen LogP contribution in [0.5, 0.6) is 5.75 Å². The Kier molecular flexibility index (Phi) is 9.67. The number of hydrogen-bond acceptors (Lipinski definition) is 3. The number of carboxylic acid groups (broad SMARTS) is 1. The minimum Gasteiger partial charge on any atom is -0.478 e. The minimum absolute atomic E-state index is 0.0198. The fourth-order valence-electron chi connectivity index (χ4n) is 5.53. The number of carbonyl (C=O) groups is 2. The summed E-state index contributed by atoms with van der Waals surface area (Å²) in [5, 5.41) is 12.6. The van der Waals surface area contributed by atoms with E-state index in [-0.39, 0.29) is 22.5 Å². The zero-order valence-electron chi connectivity index (χ0n) is 27.7. The fraction of sp³-hybridized carbons (Fsp3) is 0.405. The Hall–Kier alpha value is -4.27. The molecule has 0 aliphatic carbocycles. The highest BCUT2D eigenvalue weighted by molar-refractivity contribution is 5.99. The van der Waals surface area contributed by atoms with Crippen LogP contribution in [0.3, 0.4) is 0 Å². The van der Waals surface area contributed by atoms with Crippen LogP contribution in [0.2, 0.25) is 0 Å². The maximum Gasteiger partial charge on any atom is 0.412 e. The Morgan fingerprint density at radius 3 is 2.22 bits per heavy atom. The maximum atomic E-state index is 14.3. The lowest BCUT2D eigenvalue weighted by Gasteiger charge is -2.25. The van der Waals surface area contributed by atoms with E-state index in [1.165, 1.54) is 26.0 Å². The number of nitrogens with zero attached hydrogens (tertiary/aromatic N) is 1. The first-order valence-corrected chi connectivity index (χ1v) is 15.4. The second-order valence-corrected chi connectivity index (χ2v) is 13.9. The monoisotopic (exact) mass is 636 g/mol. The number of aliphatic carboxylic acids is 1. The highest BCUT2D eigenvalue weighted by Crippen LogP contribution is 2.36. The third-order valence-electron chi connectivity index (χ3n) is 8.12. The van der Waals surface area contributed by atoms with Gasteiger partial charge in [0.25, 0.3) is 5.91 Å². The summed E-state index contributed by atoms with van der Waals surface area (Å²) < 4.78 is 50.9. The van der Waals surface area contributed by atoms with Gasteiger partial charge in [-0.25, -0.2) is 4.79 Å². The number of carbonyl (C=O) groups excluding carboxylic acids is 1. The Labute approximate surface area is 268 Å². The van der Waals surface area contributed by atoms with Crippen molar-refractivity contribution >= 4 is 22.8 Å². The lowest BCUT2D eigenvalue weighted by atomic mass is 9.85. The van der Waals surface area contributed by atoms with E-state index >= 15 is 0 Å². The van der Waals surface area contributed by atoms with Gasteiger partial charge in [0, 0.05) is 28.7 Å². The van der Waals surface area contributed by atoms with Crippen LogP contribution in [0.4, 0.5) is 13.2 Å². The van der Waals surface area contributed by atoms with Crippen molar-refractivity contribution in [2.75, 3.05) is 0 Å². The van der Waals surface area contributed by atoms with Gasteiger partial charge in [-0.2, -0.15) is 13.2 Å². The predicted molar refractivity (Wildman–Crippen MR) is 175 cm³/mol. The molecule has 0 saturated carbocycles. The summed E-state index contributed by atoms with van der Waals surface area (Å²) in [6.45, 7) is 15.5. The molecule has 1 heterocycles. The molecule has 0 aliphatic heterocycles. The zero-order valence-corrected chi connectivity index (χ0v) is 27.7. The lowest BCUT2D eigenvalue weighted by molar-refractivity contribution is -0.155. The number of halogens is 3. The molecule has 0 aliphatic rings. The van der Waals surface area contributed by atoms with Gasteiger partial charge in [0.05, 0.1) is 0 Å². The Morgan fingerprint density at radius 1 is 0.935 bits per heavy atom. The first-order chi connectivity index (χ1) is 21.3. The van der Waals surface area contributed by atoms with E-state index in [0.29, 0.717) is 18.7 Å². The van der Waals surface area contributed by atoms with Gasteiger partial charge in [-0.15, -0.1) is 0 Å². The lowest BCUT2D eigenvalue weighted by Crippen LogP contribution is -2.38. The Morgan fingerprint density at radius 2 is 1.61 bits per heavy atom. The number of carboxylic acids is 1. The van der Waals surface area contributed by atoms with Crippen molar-refractivity contribution in [2.24, 2.45) is 5.92 Å². The third kappa shape index (κ3) is 7.74. The molecule has 1 aromatic heterocycles. The number of benzene rings is 3. The molecule has 3 aromatic carbocycles. The van der Waals surface area contributed by atoms with Crippen molar-refractivity contribution in [1.29, 1.82) is 0 Å². The summed E-state index contributed by atoms with van der Waals surface area (Å²) in [4.78, 5) is 25.0. The van der Waals surface area contributed by atoms with E-state index in [4.69, 9.17) is 4.74 Å². The smallest absolute Gasteiger partial charge is 0.412 e. The highest BCUT2D eigenvalue weighted by Gasteiger charge is 2.42. The largest absolute Gasteiger partial charge is 0.478 e. The normalized spacial score (nSPS) is 13.2. The molecule has 1 amide bonds. The molecule has 4 rings (SSSR count). The molecular weight excluding hydrogens is 593 g/mol. The summed E-state index contributed by atoms with van der Waals surface area (Å²) in [5.74, 6) is -1.20. The highest BCUT2D eigenvalue weighted by atomic mass is 19.4. The van der Waals surface area contributed by atoms with Gasteiger partial charge in [-0.1, -0.05) is 77.1 Å². The SMILES string of the molecule is Cc1c(Cc2cccc(OC(C)(C)C(=O)O)c2)c2ccc(C(=O)N[C@H](c3cccc(C(C)(C)C)c3)C(F)(F)F)cc2n1CC(C)C. The fourth-order valence-corrected chi connectivity index (χ4v) is 5.53. The van der Waals surface area contributed by atoms with Gasteiger partial charge in [0.2, 0.25) is 0 Å². The molecule has 0 radical (unpaired) electrons. The molecule has 0 spiro atoms. The molecule has 9 heteroatoms. The topological polar surface area (TPSA) is 80.6 Å². The first kappa shape index (κ1) is 34.6. The second-order valence-electron chi connectivity index (χ2n) is 13.9. The molecule has 0 fully saturated rings. The molecule has 0 saturated heterocycles. The number of alkyl halides is 3. The molecule has 0 unspecified atom stereocenters. The molecule has 1 atom stereocenters. The maximum absolute atomic E-state index is 14.3. The zero-order chi connectivity index (χ0) is 34.2. The minimum atomic E-state index is -4.70. The summed E-state index contributed by atoms with van der Waals surface area (Å²) in [7, 11) is 0. The van der Waals surface area contributed by atoms with Crippen molar-refractivity contribution in [3.63, 3.8) is 0 Å². The van der Waals surface area contributed by atoms with Gasteiger partial charge in [-0.3, -0.25) is 4.79 Å². The number of aromatic nitrogens is 1. The molecule has 4 aromatic rings. The summed E-state index contributed by atoms with van der Waals surface area (Å²) in [6, 6.07) is 16.4. The van der Waals surface area contributed by atoms with Gasteiger partial charge in [0.1, 0.15) is 5.75 Å². The average molecular weight is 637 g/mol. The molecule has 246 valence electrons. The molecule has 6 nitrogen and oxygen atoms in total. The van der Waals surface area contributed by atoms with Crippen LogP contribution in [0.25, 0.3) is 10.9 Å². The van der Waals surface area contributed by atoms with E-state index in [2.05, 4.69) is 23.7 Å². The molecule has 0 bridgehead atoms. The number of hydrogen-bond donors (Lipinski definition) is 2. The summed E-state index contributed by atoms with van der Waals surface area (Å²) in [5.41, 5.74) is 2.73. The predicted octanol–water partition coefficient (Wildman–Crippen LogP) is 8.77. The number of ether oxygens (including phenoxy) is 1. The molecule has 2 N–H and O–H groups in total. The first-order valence-electron chi connectivity index (χ1n) is 15.4. The van der Waals surface area contributed by atoms with E-state index in [0.717, 1.165) is 33.3 Å². The average Bonchev–Trinajstić information content (AvgIpc) is 3.19. The van der Waals surface area contributed by atoms with E-state index < -0.39 is 29.7 Å². The van der Waals surface area contributed by atoms with Crippen LogP contribution in [0.15, 0.2) is 66.7 Å². The Balaban J connectivity index is 1.71. The number of amides is 1. The number of fused-ring (bicyclic) bond motifs is 1. The standard InChI is InChI=1S/C37H43F3N2O4/c1-22(2)21-42-23(3)30(18-24-11-9-14-28(17-24)46-36(7,8)34(44)45)29-16-15-26(20-31(29)42)33(43)41-32(37(38,39)40)25-12-10-13-27(19-25)35(4,5)6/h9-17,19-20,22,32H,18,21H2,1-8H3,(H,41,43)(H,44,45)/t32-/m1/s1. The second kappa shape index (κ2) is 12.9. The third-order valence-corrected chi connectivity index (χ3v) is 8.12. The van der Waals surface area contributed by atoms with Crippen LogP contribution in [0, 0.1) is 12.8 Å². The van der Waals surface area contributed by atoms with Crippen molar-refractivity contribution in [2.45, 2.75) is 91.6 Å². The number of nitrogens with one attached hydrogen (secondary N) is 1. The summed E-state index contributed by atoms with van der Waals surface area (Å²) in [6.07, 6.45) is -4.19. The van der Waals surface area contributed by atoms with Crippen molar-refractivity contribution in [1.82, 2.24) is 9.88 Å². The van der Waals surface area contributed by atoms with Crippen LogP contribution in [-0.4, -0.2) is 33.3 Å². The van der Waals surface area contributed by atoms with Crippen LogP contribution in [-0.2, 0) is 23.2 Å². The van der Waals surface area contributed by atoms with Crippen molar-refractivity contribution in [3.8, 4) is 5.75 Å². The molecule has 46 heavy (non-hydrogen) atoms. The Bertz CT molecular complexity index is 1750. The quantitative estimate of drug-likeness (QED) is 0.182. The van der Waals surface area contributed by atoms with Gasteiger partial charge >= 0.3 is 12.1 Å². The van der Waals surface area contributed by atoms with E-state index in [9.17, 15) is 27.9 Å². The van der Waals surface area contributed by atoms with Crippen molar-refractivity contribution in [3.05, 3.63) is 100 Å². The van der Waals surface area contributed by atoms with Crippen LogP contribution >= 0.6 is 0 Å². The number of rotatable bonds is 10. The summed E-state index contributed by atoms with van der Waals surface area (Å²) >= 11 is 0. The van der Waals surface area contributed by atoms with Gasteiger partial charge in [-0.05, 0) is 85.0 Å². The van der Waals surface area contributed by atoms with Crippen LogP contribution in [0.1, 0.15) is 92.8 Å². The van der Waals surface area contributed by atoms with E-state index in [1.54, 1.807) is 36.4 Å². The van der Waals surface area contributed by atoms with Crippen LogP contribution < -0.4 is 10.1 Å². The van der Waals surface area contributed by atoms with Gasteiger partial charge < -0.3 is 19.7 Å². The van der Waals surface area contributed by atoms with Gasteiger partial charge in [0.15, 0.2) is 11.6 Å². The van der Waals surface area contributed by atoms with E-state index in [1.807, 2.05) is 45.9 Å². The van der Waals surface area contributed by atoms with Crippen molar-refractivity contribution < 1.29 is 32.6 Å². The molecular formula is C37H43F3N2O4.